The average Bonchev–Trinajstić information content (AvgIpc) is 2.04. The van der Waals surface area contributed by atoms with E-state index in [1.54, 1.807) is 6.07 Å². The summed E-state index contributed by atoms with van der Waals surface area (Å²) in [6.07, 6.45) is 0. The minimum atomic E-state index is -0.559. The number of nitrogens with one attached hydrogen (secondary N) is 1. The molecule has 0 radical (unpaired) electrons. The summed E-state index contributed by atoms with van der Waals surface area (Å²) >= 11 is 0. The van der Waals surface area contributed by atoms with Crippen LogP contribution in [-0.2, 0) is 0 Å². The summed E-state index contributed by atoms with van der Waals surface area (Å²) in [4.78, 5) is 9.82. The molecule has 5 nitrogen and oxygen atoms in total. The zero-order chi connectivity index (χ0) is 9.14. The van der Waals surface area contributed by atoms with Gasteiger partial charge in [0.25, 0.3) is 5.69 Å². The standard InChI is InChI=1S/C7H7N3O2/c8-7(9)5-3-1-2-4-6(5)10(11)12/h1-4H,(H3,8,9). The van der Waals surface area contributed by atoms with Crippen LogP contribution in [0.25, 0.3) is 0 Å². The van der Waals surface area contributed by atoms with E-state index in [9.17, 15) is 10.1 Å². The first kappa shape index (κ1) is 8.19. The predicted octanol–water partition coefficient (Wildman–Crippen LogP) is 0.879. The molecular formula is C7H7N3O2. The third-order valence-electron chi connectivity index (χ3n) is 1.39. The predicted molar refractivity (Wildman–Crippen MR) is 44.1 cm³/mol. The van der Waals surface area contributed by atoms with Gasteiger partial charge in [0.2, 0.25) is 0 Å². The van der Waals surface area contributed by atoms with Crippen molar-refractivity contribution in [2.24, 2.45) is 5.73 Å². The van der Waals surface area contributed by atoms with Crippen molar-refractivity contribution in [2.75, 3.05) is 0 Å². The summed E-state index contributed by atoms with van der Waals surface area (Å²) in [6, 6.07) is 5.89. The average molecular weight is 165 g/mol. The second-order valence-corrected chi connectivity index (χ2v) is 2.19. The van der Waals surface area contributed by atoms with Gasteiger partial charge in [-0.25, -0.2) is 0 Å². The normalized spacial score (nSPS) is 9.33. The molecule has 0 aromatic heterocycles. The molecule has 0 atom stereocenters. The summed E-state index contributed by atoms with van der Waals surface area (Å²) in [5.74, 6) is -0.290. The maximum absolute atomic E-state index is 10.4. The van der Waals surface area contributed by atoms with Crippen LogP contribution in [0.4, 0.5) is 5.69 Å². The van der Waals surface area contributed by atoms with Gasteiger partial charge in [-0.05, 0) is 6.07 Å². The van der Waals surface area contributed by atoms with E-state index in [1.165, 1.54) is 18.2 Å². The molecule has 0 spiro atoms. The molecule has 0 aliphatic heterocycles. The molecule has 0 aliphatic carbocycles. The molecule has 62 valence electrons. The Morgan fingerprint density at radius 1 is 1.50 bits per heavy atom. The van der Waals surface area contributed by atoms with Crippen LogP contribution in [0.5, 0.6) is 0 Å². The molecule has 0 unspecified atom stereocenters. The van der Waals surface area contributed by atoms with Gasteiger partial charge in [0.05, 0.1) is 10.5 Å². The van der Waals surface area contributed by atoms with E-state index in [2.05, 4.69) is 0 Å². The van der Waals surface area contributed by atoms with E-state index in [-0.39, 0.29) is 17.1 Å². The molecule has 0 saturated carbocycles. The largest absolute Gasteiger partial charge is 0.383 e. The first-order chi connectivity index (χ1) is 5.63. The molecule has 12 heavy (non-hydrogen) atoms. The molecule has 1 aromatic carbocycles. The van der Waals surface area contributed by atoms with E-state index >= 15 is 0 Å². The van der Waals surface area contributed by atoms with Gasteiger partial charge in [0.15, 0.2) is 0 Å². The number of hydrogen-bond acceptors (Lipinski definition) is 3. The SMILES string of the molecule is N=C(N)c1ccccc1[N+](=O)[O-]. The number of nitro benzene ring substituents is 1. The summed E-state index contributed by atoms with van der Waals surface area (Å²) in [7, 11) is 0. The zero-order valence-electron chi connectivity index (χ0n) is 6.15. The molecule has 0 fully saturated rings. The van der Waals surface area contributed by atoms with E-state index in [1.807, 2.05) is 0 Å². The van der Waals surface area contributed by atoms with E-state index in [0.717, 1.165) is 0 Å². The Hall–Kier alpha value is -1.91. The first-order valence-electron chi connectivity index (χ1n) is 3.20. The maximum Gasteiger partial charge on any atom is 0.280 e. The fourth-order valence-electron chi connectivity index (χ4n) is 0.861. The lowest BCUT2D eigenvalue weighted by Crippen LogP contribution is -2.13. The summed E-state index contributed by atoms with van der Waals surface area (Å²) < 4.78 is 0. The fraction of sp³-hybridized carbons (Fsp3) is 0. The molecule has 0 heterocycles. The van der Waals surface area contributed by atoms with Crippen molar-refractivity contribution in [3.05, 3.63) is 39.9 Å². The highest BCUT2D eigenvalue weighted by molar-refractivity contribution is 5.98. The highest BCUT2D eigenvalue weighted by Crippen LogP contribution is 2.16. The number of para-hydroxylation sites is 1. The lowest BCUT2D eigenvalue weighted by Gasteiger charge is -1.98. The van der Waals surface area contributed by atoms with Crippen LogP contribution in [0.2, 0.25) is 0 Å². The van der Waals surface area contributed by atoms with E-state index in [4.69, 9.17) is 11.1 Å². The summed E-state index contributed by atoms with van der Waals surface area (Å²) in [5.41, 5.74) is 5.15. The van der Waals surface area contributed by atoms with Gasteiger partial charge in [-0.2, -0.15) is 0 Å². The monoisotopic (exact) mass is 165 g/mol. The molecule has 3 N–H and O–H groups in total. The number of nitrogen functional groups attached to an aromatic ring is 1. The van der Waals surface area contributed by atoms with Crippen LogP contribution < -0.4 is 5.73 Å². The van der Waals surface area contributed by atoms with Gasteiger partial charge in [-0.1, -0.05) is 12.1 Å². The lowest BCUT2D eigenvalue weighted by molar-refractivity contribution is -0.385. The smallest absolute Gasteiger partial charge is 0.280 e. The van der Waals surface area contributed by atoms with Crippen molar-refractivity contribution in [3.8, 4) is 0 Å². The number of hydrogen-bond donors (Lipinski definition) is 2. The van der Waals surface area contributed by atoms with Crippen LogP contribution >= 0.6 is 0 Å². The molecule has 0 bridgehead atoms. The first-order valence-corrected chi connectivity index (χ1v) is 3.20. The van der Waals surface area contributed by atoms with Crippen LogP contribution in [0.3, 0.4) is 0 Å². The minimum Gasteiger partial charge on any atom is -0.383 e. The van der Waals surface area contributed by atoms with Crippen molar-refractivity contribution in [1.29, 1.82) is 5.41 Å². The number of rotatable bonds is 2. The third-order valence-corrected chi connectivity index (χ3v) is 1.39. The van der Waals surface area contributed by atoms with Gasteiger partial charge in [-0.15, -0.1) is 0 Å². The third kappa shape index (κ3) is 1.39. The Bertz CT molecular complexity index is 302. The van der Waals surface area contributed by atoms with Gasteiger partial charge in [0, 0.05) is 6.07 Å². The van der Waals surface area contributed by atoms with Crippen molar-refractivity contribution in [3.63, 3.8) is 0 Å². The number of nitrogens with zero attached hydrogens (tertiary/aromatic N) is 1. The van der Waals surface area contributed by atoms with Crippen LogP contribution in [0.1, 0.15) is 5.56 Å². The zero-order valence-corrected chi connectivity index (χ0v) is 6.15. The quantitative estimate of drug-likeness (QED) is 0.295. The Kier molecular flexibility index (Phi) is 2.05. The second-order valence-electron chi connectivity index (χ2n) is 2.19. The van der Waals surface area contributed by atoms with Crippen LogP contribution in [0.15, 0.2) is 24.3 Å². The Morgan fingerprint density at radius 3 is 2.50 bits per heavy atom. The van der Waals surface area contributed by atoms with Crippen molar-refractivity contribution >= 4 is 11.5 Å². The molecule has 0 aliphatic rings. The Morgan fingerprint density at radius 2 is 2.08 bits per heavy atom. The number of benzene rings is 1. The number of amidine groups is 1. The number of nitrogens with two attached hydrogens (primary N) is 1. The van der Waals surface area contributed by atoms with Crippen LogP contribution in [-0.4, -0.2) is 10.8 Å². The molecule has 1 rings (SSSR count). The highest BCUT2D eigenvalue weighted by Gasteiger charge is 2.13. The maximum atomic E-state index is 10.4. The van der Waals surface area contributed by atoms with Gasteiger partial charge in [-0.3, -0.25) is 15.5 Å². The lowest BCUT2D eigenvalue weighted by atomic mass is 10.2. The molecule has 0 saturated heterocycles. The fourth-order valence-corrected chi connectivity index (χ4v) is 0.861. The van der Waals surface area contributed by atoms with Crippen molar-refractivity contribution in [1.82, 2.24) is 0 Å². The number of nitro groups is 1. The Labute approximate surface area is 68.5 Å². The minimum absolute atomic E-state index is 0.134. The van der Waals surface area contributed by atoms with Crippen molar-refractivity contribution < 1.29 is 4.92 Å². The molecular weight excluding hydrogens is 158 g/mol. The second kappa shape index (κ2) is 3.00. The van der Waals surface area contributed by atoms with Crippen molar-refractivity contribution in [2.45, 2.75) is 0 Å². The van der Waals surface area contributed by atoms with Gasteiger partial charge < -0.3 is 5.73 Å². The topological polar surface area (TPSA) is 93.0 Å². The van der Waals surface area contributed by atoms with Crippen LogP contribution in [0, 0.1) is 15.5 Å². The summed E-state index contributed by atoms with van der Waals surface area (Å²) in [5, 5.41) is 17.4. The van der Waals surface area contributed by atoms with E-state index in [0.29, 0.717) is 0 Å². The summed E-state index contributed by atoms with van der Waals surface area (Å²) in [6.45, 7) is 0. The molecule has 5 heteroatoms. The molecule has 1 aromatic rings. The Balaban J connectivity index is 3.27. The van der Waals surface area contributed by atoms with Gasteiger partial charge in [0.1, 0.15) is 5.84 Å². The molecule has 0 amide bonds. The highest BCUT2D eigenvalue weighted by atomic mass is 16.6. The van der Waals surface area contributed by atoms with E-state index < -0.39 is 4.92 Å². The van der Waals surface area contributed by atoms with Gasteiger partial charge >= 0.3 is 0 Å².